The zero-order valence-electron chi connectivity index (χ0n) is 15.9. The third-order valence-electron chi connectivity index (χ3n) is 5.69. The molecule has 25 heavy (non-hydrogen) atoms. The van der Waals surface area contributed by atoms with Crippen LogP contribution >= 0.6 is 0 Å². The van der Waals surface area contributed by atoms with Crippen LogP contribution in [-0.2, 0) is 11.2 Å². The fourth-order valence-electron chi connectivity index (χ4n) is 4.45. The average Bonchev–Trinajstić information content (AvgIpc) is 3.27. The van der Waals surface area contributed by atoms with Crippen LogP contribution in [0.3, 0.4) is 0 Å². The van der Waals surface area contributed by atoms with Gasteiger partial charge in [-0.1, -0.05) is 25.0 Å². The summed E-state index contributed by atoms with van der Waals surface area (Å²) in [4.78, 5) is 14.9. The van der Waals surface area contributed by atoms with Gasteiger partial charge in [0.2, 0.25) is 5.91 Å². The van der Waals surface area contributed by atoms with Gasteiger partial charge in [-0.2, -0.15) is 0 Å². The number of hydrogen-bond donors (Lipinski definition) is 0. The van der Waals surface area contributed by atoms with Gasteiger partial charge in [0, 0.05) is 18.5 Å². The summed E-state index contributed by atoms with van der Waals surface area (Å²) in [6, 6.07) is 9.10. The second kappa shape index (κ2) is 8.73. The molecule has 0 bridgehead atoms. The number of hydrogen-bond acceptors (Lipinski definition) is 2. The lowest BCUT2D eigenvalue weighted by atomic mass is 10.1. The number of aryl methyl sites for hydroxylation is 1. The molecule has 0 heterocycles. The van der Waals surface area contributed by atoms with Gasteiger partial charge in [0.05, 0.1) is 6.10 Å². The minimum atomic E-state index is 0.299. The largest absolute Gasteiger partial charge is 0.490 e. The van der Waals surface area contributed by atoms with E-state index in [1.807, 2.05) is 6.07 Å². The number of ether oxygens (including phenoxy) is 1. The molecule has 1 aromatic carbocycles. The minimum Gasteiger partial charge on any atom is -0.490 e. The molecule has 138 valence electrons. The van der Waals surface area contributed by atoms with Crippen molar-refractivity contribution in [3.63, 3.8) is 0 Å². The highest BCUT2D eigenvalue weighted by Crippen LogP contribution is 2.27. The number of benzene rings is 1. The van der Waals surface area contributed by atoms with E-state index in [-0.39, 0.29) is 0 Å². The fraction of sp³-hybridized carbons (Fsp3) is 0.682. The zero-order valence-corrected chi connectivity index (χ0v) is 15.9. The molecule has 0 spiro atoms. The van der Waals surface area contributed by atoms with E-state index in [1.54, 1.807) is 0 Å². The zero-order chi connectivity index (χ0) is 17.6. The van der Waals surface area contributed by atoms with E-state index in [4.69, 9.17) is 4.74 Å². The summed E-state index contributed by atoms with van der Waals surface area (Å²) in [5.41, 5.74) is 1.21. The van der Waals surface area contributed by atoms with Crippen molar-refractivity contribution in [3.8, 4) is 5.75 Å². The lowest BCUT2D eigenvalue weighted by Crippen LogP contribution is -2.43. The topological polar surface area (TPSA) is 29.5 Å². The smallest absolute Gasteiger partial charge is 0.223 e. The van der Waals surface area contributed by atoms with Crippen molar-refractivity contribution in [2.24, 2.45) is 0 Å². The van der Waals surface area contributed by atoms with Gasteiger partial charge in [-0.25, -0.2) is 0 Å². The molecular formula is C22H33NO2. The highest BCUT2D eigenvalue weighted by Gasteiger charge is 2.28. The molecule has 2 fully saturated rings. The molecule has 2 aliphatic rings. The second-order valence-electron chi connectivity index (χ2n) is 8.00. The van der Waals surface area contributed by atoms with E-state index in [1.165, 1.54) is 56.9 Å². The van der Waals surface area contributed by atoms with Crippen molar-refractivity contribution in [1.82, 2.24) is 4.90 Å². The normalized spacial score (nSPS) is 18.8. The highest BCUT2D eigenvalue weighted by molar-refractivity contribution is 5.77. The van der Waals surface area contributed by atoms with Crippen molar-refractivity contribution in [3.05, 3.63) is 29.8 Å². The SMILES string of the molecule is CC(C)N(C(=O)CCc1cccc(OC2CCCC2)c1)C1CCCC1. The summed E-state index contributed by atoms with van der Waals surface area (Å²) in [5.74, 6) is 1.28. The molecule has 3 heteroatoms. The van der Waals surface area contributed by atoms with Crippen LogP contribution in [0.1, 0.15) is 77.2 Å². The Labute approximate surface area is 152 Å². The van der Waals surface area contributed by atoms with Gasteiger partial charge in [0.15, 0.2) is 0 Å². The first kappa shape index (κ1) is 18.3. The maximum Gasteiger partial charge on any atom is 0.223 e. The molecular weight excluding hydrogens is 310 g/mol. The number of rotatable bonds is 7. The molecule has 1 aromatic rings. The van der Waals surface area contributed by atoms with Gasteiger partial charge in [-0.15, -0.1) is 0 Å². The predicted molar refractivity (Wildman–Crippen MR) is 102 cm³/mol. The Morgan fingerprint density at radius 2 is 1.80 bits per heavy atom. The van der Waals surface area contributed by atoms with E-state index in [0.717, 1.165) is 12.2 Å². The monoisotopic (exact) mass is 343 g/mol. The Kier molecular flexibility index (Phi) is 6.39. The van der Waals surface area contributed by atoms with Crippen molar-refractivity contribution in [1.29, 1.82) is 0 Å². The molecule has 0 saturated heterocycles. The summed E-state index contributed by atoms with van der Waals surface area (Å²) in [6.45, 7) is 4.29. The predicted octanol–water partition coefficient (Wildman–Crippen LogP) is 5.12. The van der Waals surface area contributed by atoms with E-state index in [9.17, 15) is 4.79 Å². The maximum atomic E-state index is 12.8. The summed E-state index contributed by atoms with van der Waals surface area (Å²) in [7, 11) is 0. The van der Waals surface area contributed by atoms with E-state index < -0.39 is 0 Å². The number of amides is 1. The third kappa shape index (κ3) is 4.99. The first-order chi connectivity index (χ1) is 12.1. The molecule has 2 aliphatic carbocycles. The third-order valence-corrected chi connectivity index (χ3v) is 5.69. The summed E-state index contributed by atoms with van der Waals surface area (Å²) < 4.78 is 6.09. The molecule has 0 aliphatic heterocycles. The Morgan fingerprint density at radius 3 is 2.48 bits per heavy atom. The van der Waals surface area contributed by atoms with Gasteiger partial charge in [0.25, 0.3) is 0 Å². The van der Waals surface area contributed by atoms with Crippen LogP contribution in [0, 0.1) is 0 Å². The first-order valence-corrected chi connectivity index (χ1v) is 10.2. The van der Waals surface area contributed by atoms with Gasteiger partial charge in [-0.3, -0.25) is 4.79 Å². The second-order valence-corrected chi connectivity index (χ2v) is 8.00. The lowest BCUT2D eigenvalue weighted by molar-refractivity contribution is -0.135. The Hall–Kier alpha value is -1.51. The first-order valence-electron chi connectivity index (χ1n) is 10.2. The van der Waals surface area contributed by atoms with Crippen molar-refractivity contribution in [2.75, 3.05) is 0 Å². The van der Waals surface area contributed by atoms with E-state index >= 15 is 0 Å². The summed E-state index contributed by atoms with van der Waals surface area (Å²) in [6.07, 6.45) is 11.6. The van der Waals surface area contributed by atoms with Crippen LogP contribution in [0.4, 0.5) is 0 Å². The molecule has 2 saturated carbocycles. The lowest BCUT2D eigenvalue weighted by Gasteiger charge is -2.33. The highest BCUT2D eigenvalue weighted by atomic mass is 16.5. The molecule has 3 nitrogen and oxygen atoms in total. The van der Waals surface area contributed by atoms with Crippen LogP contribution in [0.5, 0.6) is 5.75 Å². The van der Waals surface area contributed by atoms with Crippen molar-refractivity contribution >= 4 is 5.91 Å². The fourth-order valence-corrected chi connectivity index (χ4v) is 4.45. The Bertz CT molecular complexity index is 557. The molecule has 1 amide bonds. The van der Waals surface area contributed by atoms with Gasteiger partial charge in [0.1, 0.15) is 5.75 Å². The van der Waals surface area contributed by atoms with Crippen molar-refractivity contribution < 1.29 is 9.53 Å². The van der Waals surface area contributed by atoms with Crippen LogP contribution in [0.2, 0.25) is 0 Å². The quantitative estimate of drug-likeness (QED) is 0.687. The van der Waals surface area contributed by atoms with Crippen molar-refractivity contribution in [2.45, 2.75) is 96.2 Å². The van der Waals surface area contributed by atoms with Crippen LogP contribution < -0.4 is 4.74 Å². The molecule has 0 aromatic heterocycles. The standard InChI is InChI=1S/C22H33NO2/c1-17(2)23(19-9-3-4-10-19)22(24)15-14-18-8-7-13-21(16-18)25-20-11-5-6-12-20/h7-8,13,16-17,19-20H,3-6,9-12,14-15H2,1-2H3. The maximum absolute atomic E-state index is 12.8. The number of nitrogens with zero attached hydrogens (tertiary/aromatic N) is 1. The number of carbonyl (C=O) groups excluding carboxylic acids is 1. The van der Waals surface area contributed by atoms with Crippen LogP contribution in [-0.4, -0.2) is 29.0 Å². The average molecular weight is 344 g/mol. The molecule has 0 N–H and O–H groups in total. The van der Waals surface area contributed by atoms with Gasteiger partial charge >= 0.3 is 0 Å². The van der Waals surface area contributed by atoms with Gasteiger partial charge < -0.3 is 9.64 Å². The van der Waals surface area contributed by atoms with Gasteiger partial charge in [-0.05, 0) is 76.5 Å². The summed E-state index contributed by atoms with van der Waals surface area (Å²) >= 11 is 0. The molecule has 3 rings (SSSR count). The Morgan fingerprint density at radius 1 is 1.12 bits per heavy atom. The Balaban J connectivity index is 1.55. The van der Waals surface area contributed by atoms with E-state index in [0.29, 0.717) is 30.5 Å². The number of carbonyl (C=O) groups is 1. The minimum absolute atomic E-state index is 0.299. The molecule has 0 atom stereocenters. The summed E-state index contributed by atoms with van der Waals surface area (Å²) in [5, 5.41) is 0. The van der Waals surface area contributed by atoms with Crippen LogP contribution in [0.25, 0.3) is 0 Å². The molecule has 0 radical (unpaired) electrons. The molecule has 0 unspecified atom stereocenters. The van der Waals surface area contributed by atoms with E-state index in [2.05, 4.69) is 36.9 Å². The van der Waals surface area contributed by atoms with Crippen LogP contribution in [0.15, 0.2) is 24.3 Å².